The number of primary amides is 1. The number of halogens is 3. The third-order valence-corrected chi connectivity index (χ3v) is 5.58. The van der Waals surface area contributed by atoms with Crippen LogP contribution in [0.15, 0.2) is 18.5 Å². The molecular weight excluding hydrogens is 420 g/mol. The molecule has 4 N–H and O–H groups in total. The molecule has 1 heterocycles. The number of nitrogens with zero attached hydrogens (tertiary/aromatic N) is 2. The van der Waals surface area contributed by atoms with Crippen LogP contribution in [0.5, 0.6) is 0 Å². The van der Waals surface area contributed by atoms with Gasteiger partial charge in [0.15, 0.2) is 11.5 Å². The second-order valence-electron chi connectivity index (χ2n) is 7.15. The van der Waals surface area contributed by atoms with Gasteiger partial charge in [-0.2, -0.15) is 0 Å². The highest BCUT2D eigenvalue weighted by molar-refractivity contribution is 6.33. The summed E-state index contributed by atoms with van der Waals surface area (Å²) in [6.45, 7) is 0. The number of H-pyrrole nitrogens is 1. The first-order chi connectivity index (χ1) is 14.2. The second-order valence-corrected chi connectivity index (χ2v) is 7.55. The van der Waals surface area contributed by atoms with Crippen molar-refractivity contribution in [3.8, 4) is 0 Å². The molecule has 8 nitrogen and oxygen atoms in total. The highest BCUT2D eigenvalue weighted by atomic mass is 35.5. The van der Waals surface area contributed by atoms with E-state index in [4.69, 9.17) is 17.3 Å². The fraction of sp³-hybridized carbons (Fsp3) is 0.368. The molecule has 11 heteroatoms. The van der Waals surface area contributed by atoms with Crippen molar-refractivity contribution in [1.82, 2.24) is 14.9 Å². The fourth-order valence-corrected chi connectivity index (χ4v) is 3.83. The molecule has 2 aromatic rings. The summed E-state index contributed by atoms with van der Waals surface area (Å²) in [5, 5.41) is 2.21. The van der Waals surface area contributed by atoms with Gasteiger partial charge in [-0.3, -0.25) is 14.4 Å². The van der Waals surface area contributed by atoms with E-state index in [2.05, 4.69) is 15.3 Å². The Morgan fingerprint density at radius 2 is 1.90 bits per heavy atom. The summed E-state index contributed by atoms with van der Waals surface area (Å²) in [5.74, 6) is -3.83. The van der Waals surface area contributed by atoms with Crippen molar-refractivity contribution in [1.29, 1.82) is 0 Å². The number of aromatic amines is 1. The van der Waals surface area contributed by atoms with Gasteiger partial charge in [-0.15, -0.1) is 0 Å². The van der Waals surface area contributed by atoms with Gasteiger partial charge >= 0.3 is 0 Å². The molecule has 1 aliphatic carbocycles. The summed E-state index contributed by atoms with van der Waals surface area (Å²) in [6, 6.07) is 1.41. The van der Waals surface area contributed by atoms with E-state index in [1.165, 1.54) is 11.2 Å². The molecule has 1 aliphatic rings. The zero-order chi connectivity index (χ0) is 22.0. The van der Waals surface area contributed by atoms with Crippen molar-refractivity contribution in [2.75, 3.05) is 12.4 Å². The number of hydrogen-bond acceptors (Lipinski definition) is 4. The molecule has 0 radical (unpaired) electrons. The van der Waals surface area contributed by atoms with Gasteiger partial charge in [-0.25, -0.2) is 13.8 Å². The average Bonchev–Trinajstić information content (AvgIpc) is 3.19. The van der Waals surface area contributed by atoms with Gasteiger partial charge in [-0.05, 0) is 31.7 Å². The maximum absolute atomic E-state index is 13.9. The monoisotopic (exact) mass is 439 g/mol. The lowest BCUT2D eigenvalue weighted by Gasteiger charge is -2.34. The maximum Gasteiger partial charge on any atom is 0.274 e. The molecule has 1 aromatic heterocycles. The Morgan fingerprint density at radius 3 is 2.50 bits per heavy atom. The molecule has 0 bridgehead atoms. The molecule has 0 spiro atoms. The van der Waals surface area contributed by atoms with E-state index < -0.39 is 35.3 Å². The summed E-state index contributed by atoms with van der Waals surface area (Å²) in [5.41, 5.74) is 4.88. The molecule has 1 aromatic carbocycles. The quantitative estimate of drug-likeness (QED) is 0.663. The maximum atomic E-state index is 13.9. The average molecular weight is 440 g/mol. The van der Waals surface area contributed by atoms with Crippen LogP contribution in [0.1, 0.15) is 46.7 Å². The SMILES string of the molecule is CN(C(=O)c1nc[nH]c1C(N)=O)[C@H]1CC[C@H](C(=O)Nc2c(F)cc(F)cc2Cl)CC1. The van der Waals surface area contributed by atoms with Crippen molar-refractivity contribution in [3.05, 3.63) is 46.5 Å². The van der Waals surface area contributed by atoms with Gasteiger partial charge in [0.25, 0.3) is 11.8 Å². The van der Waals surface area contributed by atoms with Crippen LogP contribution in [0.25, 0.3) is 0 Å². The van der Waals surface area contributed by atoms with Gasteiger partial charge in [0.1, 0.15) is 11.5 Å². The molecule has 1 fully saturated rings. The van der Waals surface area contributed by atoms with Crippen LogP contribution in [0, 0.1) is 17.6 Å². The topological polar surface area (TPSA) is 121 Å². The van der Waals surface area contributed by atoms with Crippen LogP contribution in [0.2, 0.25) is 5.02 Å². The largest absolute Gasteiger partial charge is 0.364 e. The molecule has 160 valence electrons. The Labute approximate surface area is 175 Å². The standard InChI is InChI=1S/C19H20ClF2N5O3/c1-27(19(30)16-15(17(23)28)24-8-25-16)11-4-2-9(3-5-11)18(29)26-14-12(20)6-10(21)7-13(14)22/h6-9,11H,2-5H2,1H3,(H2,23,28)(H,24,25)(H,26,29)/t9-,11-. The van der Waals surface area contributed by atoms with E-state index in [-0.39, 0.29) is 28.1 Å². The lowest BCUT2D eigenvalue weighted by molar-refractivity contribution is -0.121. The number of nitrogens with one attached hydrogen (secondary N) is 2. The number of imidazole rings is 1. The Hall–Kier alpha value is -3.01. The number of carbonyl (C=O) groups excluding carboxylic acids is 3. The smallest absolute Gasteiger partial charge is 0.274 e. The van der Waals surface area contributed by atoms with Crippen LogP contribution in [0.4, 0.5) is 14.5 Å². The van der Waals surface area contributed by atoms with E-state index in [1.807, 2.05) is 0 Å². The third kappa shape index (κ3) is 4.43. The summed E-state index contributed by atoms with van der Waals surface area (Å²) in [7, 11) is 1.60. The van der Waals surface area contributed by atoms with Crippen LogP contribution in [0.3, 0.4) is 0 Å². The van der Waals surface area contributed by atoms with Crippen LogP contribution < -0.4 is 11.1 Å². The molecule has 0 saturated heterocycles. The zero-order valence-corrected chi connectivity index (χ0v) is 16.8. The van der Waals surface area contributed by atoms with Gasteiger partial charge in [0.2, 0.25) is 5.91 Å². The van der Waals surface area contributed by atoms with E-state index in [9.17, 15) is 23.2 Å². The van der Waals surface area contributed by atoms with Crippen molar-refractivity contribution in [2.24, 2.45) is 11.7 Å². The minimum Gasteiger partial charge on any atom is -0.364 e. The Kier molecular flexibility index (Phi) is 6.35. The third-order valence-electron chi connectivity index (χ3n) is 5.28. The summed E-state index contributed by atoms with van der Waals surface area (Å²) < 4.78 is 27.0. The van der Waals surface area contributed by atoms with Gasteiger partial charge in [0.05, 0.1) is 17.0 Å². The highest BCUT2D eigenvalue weighted by Gasteiger charge is 2.32. The lowest BCUT2D eigenvalue weighted by atomic mass is 9.84. The van der Waals surface area contributed by atoms with Crippen molar-refractivity contribution >= 4 is 35.0 Å². The van der Waals surface area contributed by atoms with E-state index in [0.717, 1.165) is 6.07 Å². The molecule has 30 heavy (non-hydrogen) atoms. The first kappa shape index (κ1) is 21.7. The van der Waals surface area contributed by atoms with Gasteiger partial charge in [0, 0.05) is 25.1 Å². The predicted molar refractivity (Wildman–Crippen MR) is 105 cm³/mol. The fourth-order valence-electron chi connectivity index (χ4n) is 3.59. The molecular formula is C19H20ClF2N5O3. The van der Waals surface area contributed by atoms with Crippen LogP contribution in [-0.4, -0.2) is 45.7 Å². The highest BCUT2D eigenvalue weighted by Crippen LogP contribution is 2.31. The number of carbonyl (C=O) groups is 3. The normalized spacial score (nSPS) is 18.7. The van der Waals surface area contributed by atoms with Gasteiger partial charge in [-0.1, -0.05) is 11.6 Å². The predicted octanol–water partition coefficient (Wildman–Crippen LogP) is 2.71. The Bertz CT molecular complexity index is 965. The molecule has 3 amide bonds. The van der Waals surface area contributed by atoms with Gasteiger partial charge < -0.3 is 20.9 Å². The molecule has 0 atom stereocenters. The Morgan fingerprint density at radius 1 is 1.23 bits per heavy atom. The van der Waals surface area contributed by atoms with E-state index in [0.29, 0.717) is 31.7 Å². The van der Waals surface area contributed by atoms with Crippen molar-refractivity contribution in [3.63, 3.8) is 0 Å². The molecule has 0 aliphatic heterocycles. The summed E-state index contributed by atoms with van der Waals surface area (Å²) >= 11 is 5.82. The van der Waals surface area contributed by atoms with Crippen LogP contribution >= 0.6 is 11.6 Å². The summed E-state index contributed by atoms with van der Waals surface area (Å²) in [6.07, 6.45) is 3.18. The summed E-state index contributed by atoms with van der Waals surface area (Å²) in [4.78, 5) is 44.5. The van der Waals surface area contributed by atoms with Crippen molar-refractivity contribution < 1.29 is 23.2 Å². The second kappa shape index (κ2) is 8.78. The first-order valence-electron chi connectivity index (χ1n) is 9.24. The number of amides is 3. The number of aromatic nitrogens is 2. The number of nitrogens with two attached hydrogens (primary N) is 1. The first-order valence-corrected chi connectivity index (χ1v) is 9.62. The van der Waals surface area contributed by atoms with Crippen LogP contribution in [-0.2, 0) is 4.79 Å². The number of anilines is 1. The molecule has 0 unspecified atom stereocenters. The number of benzene rings is 1. The number of hydrogen-bond donors (Lipinski definition) is 3. The van der Waals surface area contributed by atoms with E-state index >= 15 is 0 Å². The minimum absolute atomic E-state index is 0.0497. The number of rotatable bonds is 5. The Balaban J connectivity index is 1.60. The van der Waals surface area contributed by atoms with Crippen molar-refractivity contribution in [2.45, 2.75) is 31.7 Å². The zero-order valence-electron chi connectivity index (χ0n) is 16.0. The van der Waals surface area contributed by atoms with E-state index in [1.54, 1.807) is 7.05 Å². The molecule has 1 saturated carbocycles. The minimum atomic E-state index is -0.948. The molecule has 3 rings (SSSR count). The lowest BCUT2D eigenvalue weighted by Crippen LogP contribution is -2.41.